The van der Waals surface area contributed by atoms with Gasteiger partial charge in [-0.1, -0.05) is 81.5 Å². The Labute approximate surface area is 301 Å². The quantitative estimate of drug-likeness (QED) is 0.155. The normalized spacial score (nSPS) is 16.0. The molecule has 2 aliphatic rings. The van der Waals surface area contributed by atoms with Crippen molar-refractivity contribution in [3.05, 3.63) is 111 Å². The monoisotopic (exact) mass is 765 g/mol. The van der Waals surface area contributed by atoms with E-state index < -0.39 is 7.92 Å². The minimum atomic E-state index is -0.828. The van der Waals surface area contributed by atoms with Gasteiger partial charge in [0.2, 0.25) is 0 Å². The van der Waals surface area contributed by atoms with Crippen molar-refractivity contribution in [2.24, 2.45) is 5.92 Å². The average Bonchev–Trinajstić information content (AvgIpc) is 3.77. The third-order valence-corrected chi connectivity index (χ3v) is 10.6. The zero-order chi connectivity index (χ0) is 28.7. The summed E-state index contributed by atoms with van der Waals surface area (Å²) in [7, 11) is -0.828. The molecular weight excluding hydrogens is 718 g/mol. The van der Waals surface area contributed by atoms with E-state index in [0.717, 1.165) is 17.9 Å². The fraction of sp³-hybridized carbons (Fsp3) is 0.371. The first-order valence-corrected chi connectivity index (χ1v) is 15.2. The molecule has 0 bridgehead atoms. The molecule has 1 radical (unpaired) electrons. The molecule has 0 aliphatic heterocycles. The van der Waals surface area contributed by atoms with Crippen molar-refractivity contribution >= 4 is 38.9 Å². The van der Waals surface area contributed by atoms with E-state index in [2.05, 4.69) is 99.0 Å². The van der Waals surface area contributed by atoms with E-state index in [1.807, 2.05) is 18.3 Å². The molecule has 2 fully saturated rings. The number of halogens is 1. The summed E-state index contributed by atoms with van der Waals surface area (Å²) in [6.07, 6.45) is 13.3. The Morgan fingerprint density at radius 3 is 1.57 bits per heavy atom. The van der Waals surface area contributed by atoms with Crippen molar-refractivity contribution in [3.63, 3.8) is 0 Å². The standard InChI is InChI=1S/C25H28N2P.C5H10.3CHO.2CH3.BrH.Fe.Mn/c1-20(27-19-21-11-8-9-18-26-21)24-16-10-17-25(24)28(22-12-4-2-5-13-22)23-14-6-3-7-15-23;1-2-4-5-3-1;3*1-2;;;;;/h2-9,11-15,18,20,24-25H,10,16-17,19H2,1H3;1-5H2;3*1H;2*1H3;1H;;/q-1;;5*-1;;+2;/t20-,24?,25?;;;;;;;;;/m0........./s1. The van der Waals surface area contributed by atoms with Crippen LogP contribution in [0.15, 0.2) is 85.1 Å². The Morgan fingerprint density at radius 2 is 1.16 bits per heavy atom. The molecular formula is C35H48BrFeMnN2O3P-4. The average molecular weight is 766 g/mol. The molecule has 2 saturated carbocycles. The minimum absolute atomic E-state index is 0. The maximum atomic E-state index is 7.75. The Balaban J connectivity index is -0.000000278. The first kappa shape index (κ1) is 52.1. The van der Waals surface area contributed by atoms with Crippen molar-refractivity contribution in [3.8, 4) is 0 Å². The van der Waals surface area contributed by atoms with Gasteiger partial charge in [-0.05, 0) is 61.6 Å². The predicted octanol–water partition coefficient (Wildman–Crippen LogP) is 4.41. The first-order chi connectivity index (χ1) is 19.3. The van der Waals surface area contributed by atoms with Crippen LogP contribution in [-0.4, -0.2) is 37.1 Å². The molecule has 9 heteroatoms. The van der Waals surface area contributed by atoms with E-state index in [4.69, 9.17) is 19.7 Å². The Hall–Kier alpha value is -1.49. The van der Waals surface area contributed by atoms with E-state index in [1.165, 1.54) is 62.0 Å². The van der Waals surface area contributed by atoms with Crippen LogP contribution in [0.4, 0.5) is 0 Å². The summed E-state index contributed by atoms with van der Waals surface area (Å²) < 4.78 is 0. The van der Waals surface area contributed by atoms with Crippen LogP contribution in [0.2, 0.25) is 0 Å². The largest absolute Gasteiger partial charge is 2.00 e. The van der Waals surface area contributed by atoms with Gasteiger partial charge in [0.25, 0.3) is 0 Å². The van der Waals surface area contributed by atoms with Crippen molar-refractivity contribution in [1.29, 1.82) is 0 Å². The molecule has 1 aromatic heterocycles. The second-order valence-corrected chi connectivity index (χ2v) is 12.2. The molecule has 3 aromatic rings. The van der Waals surface area contributed by atoms with E-state index in [0.29, 0.717) is 12.0 Å². The maximum absolute atomic E-state index is 7.75. The molecule has 2 aromatic carbocycles. The predicted molar refractivity (Wildman–Crippen MR) is 179 cm³/mol. The summed E-state index contributed by atoms with van der Waals surface area (Å²) in [6, 6.07) is 28.9. The number of pyridine rings is 1. The Morgan fingerprint density at radius 1 is 0.727 bits per heavy atom. The number of benzene rings is 2. The van der Waals surface area contributed by atoms with Gasteiger partial charge in [0.1, 0.15) is 0 Å². The van der Waals surface area contributed by atoms with Crippen LogP contribution in [0.1, 0.15) is 64.0 Å². The molecule has 5 nitrogen and oxygen atoms in total. The number of hydrogen-bond donors (Lipinski definition) is 0. The smallest absolute Gasteiger partial charge is 1.00 e. The van der Waals surface area contributed by atoms with Crippen LogP contribution in [0.25, 0.3) is 5.32 Å². The molecule has 5 rings (SSSR count). The van der Waals surface area contributed by atoms with E-state index in [-0.39, 0.29) is 66.0 Å². The van der Waals surface area contributed by atoms with E-state index >= 15 is 0 Å². The van der Waals surface area contributed by atoms with Crippen LogP contribution in [-0.2, 0) is 55.1 Å². The van der Waals surface area contributed by atoms with Crippen LogP contribution < -0.4 is 27.6 Å². The van der Waals surface area contributed by atoms with Gasteiger partial charge in [0.05, 0.1) is 24.2 Å². The topological polar surface area (TPSA) is 78.2 Å². The number of hydrogen-bond acceptors (Lipinski definition) is 4. The van der Waals surface area contributed by atoms with Crippen molar-refractivity contribution in [1.82, 2.24) is 4.98 Å². The first-order valence-electron chi connectivity index (χ1n) is 13.6. The zero-order valence-corrected chi connectivity index (χ0v) is 31.0. The molecule has 2 unspecified atom stereocenters. The molecule has 1 heterocycles. The van der Waals surface area contributed by atoms with Crippen molar-refractivity contribution in [2.75, 3.05) is 0 Å². The van der Waals surface area contributed by atoms with E-state index in [9.17, 15) is 0 Å². The summed E-state index contributed by atoms with van der Waals surface area (Å²) in [5.74, 6) is 0.665. The van der Waals surface area contributed by atoms with Crippen LogP contribution in [0.5, 0.6) is 0 Å². The molecule has 3 atom stereocenters. The van der Waals surface area contributed by atoms with Gasteiger partial charge in [0, 0.05) is 29.0 Å². The summed E-state index contributed by atoms with van der Waals surface area (Å²) >= 11 is 0. The van der Waals surface area contributed by atoms with Gasteiger partial charge >= 0.3 is 17.1 Å². The van der Waals surface area contributed by atoms with Gasteiger partial charge in [-0.15, -0.1) is 12.6 Å². The van der Waals surface area contributed by atoms with Crippen LogP contribution >= 0.6 is 7.92 Å². The maximum Gasteiger partial charge on any atom is 2.00 e. The third-order valence-electron chi connectivity index (χ3n) is 7.25. The Bertz CT molecular complexity index is 943. The molecule has 0 saturated heterocycles. The summed E-state index contributed by atoms with van der Waals surface area (Å²) in [6.45, 7) is 12.8. The van der Waals surface area contributed by atoms with Gasteiger partial charge in [-0.25, -0.2) is 0 Å². The van der Waals surface area contributed by atoms with Crippen LogP contribution in [0, 0.1) is 20.8 Å². The summed E-state index contributed by atoms with van der Waals surface area (Å²) in [5.41, 5.74) is 1.80. The van der Waals surface area contributed by atoms with Crippen molar-refractivity contribution in [2.45, 2.75) is 76.5 Å². The molecule has 0 spiro atoms. The fourth-order valence-corrected chi connectivity index (χ4v) is 9.16. The van der Waals surface area contributed by atoms with E-state index in [1.54, 1.807) is 0 Å². The number of rotatable bonds is 7. The molecule has 247 valence electrons. The number of aromatic nitrogens is 1. The molecule has 2 aliphatic carbocycles. The second kappa shape index (κ2) is 34.4. The van der Waals surface area contributed by atoms with Gasteiger partial charge < -0.3 is 51.5 Å². The summed E-state index contributed by atoms with van der Waals surface area (Å²) in [5, 5.41) is 8.12. The fourth-order valence-electron chi connectivity index (χ4n) is 5.50. The molecule has 0 N–H and O–H groups in total. The SMILES string of the molecule is C1CCCC1.C[C@H]([N-]Cc1ccccn1)C1CCCC1[PH+](c1ccccc1)c1ccccc1.[Br-].[CH-]=O.[CH-]=O.[CH-]=O.[CH3-].[CH3-].[Fe+2].[Mn]. The van der Waals surface area contributed by atoms with Gasteiger partial charge in [-0.3, -0.25) is 25.4 Å². The number of nitrogens with zero attached hydrogens (tertiary/aromatic N) is 2. The second-order valence-electron chi connectivity index (χ2n) is 9.52. The van der Waals surface area contributed by atoms with Crippen LogP contribution in [0.3, 0.4) is 0 Å². The molecule has 0 amide bonds. The molecule has 44 heavy (non-hydrogen) atoms. The minimum Gasteiger partial charge on any atom is -1.00 e. The van der Waals surface area contributed by atoms with Gasteiger partial charge in [0.15, 0.2) is 0 Å². The third kappa shape index (κ3) is 18.5. The zero-order valence-electron chi connectivity index (χ0n) is 26.1. The summed E-state index contributed by atoms with van der Waals surface area (Å²) in [4.78, 5) is 27.7. The number of carbonyl (C=O) groups excluding carboxylic acids is 3. The Kier molecular flexibility index (Phi) is 40.7. The van der Waals surface area contributed by atoms with Crippen molar-refractivity contribution < 1.29 is 65.5 Å². The van der Waals surface area contributed by atoms with Gasteiger partial charge in [-0.2, -0.15) is 0 Å².